The SMILES string of the molecule is CCN(C)C(=O)CNc1ccc(Cl)cc1[N+](=O)[O-]. The Morgan fingerprint density at radius 3 is 2.78 bits per heavy atom. The molecule has 0 spiro atoms. The van der Waals surface area contributed by atoms with Crippen molar-refractivity contribution >= 4 is 28.9 Å². The molecule has 0 aliphatic carbocycles. The van der Waals surface area contributed by atoms with E-state index in [9.17, 15) is 14.9 Å². The van der Waals surface area contributed by atoms with E-state index in [-0.39, 0.29) is 28.8 Å². The first-order valence-electron chi connectivity index (χ1n) is 5.37. The molecular formula is C11H14ClN3O3. The van der Waals surface area contributed by atoms with Crippen molar-refractivity contribution in [1.82, 2.24) is 4.90 Å². The number of nitrogens with zero attached hydrogens (tertiary/aromatic N) is 2. The molecule has 1 amide bonds. The molecule has 0 aliphatic rings. The normalized spacial score (nSPS) is 9.94. The van der Waals surface area contributed by atoms with Crippen molar-refractivity contribution in [2.45, 2.75) is 6.92 Å². The Labute approximate surface area is 110 Å². The predicted molar refractivity (Wildman–Crippen MR) is 69.9 cm³/mol. The number of rotatable bonds is 5. The van der Waals surface area contributed by atoms with Crippen LogP contribution in [0.25, 0.3) is 0 Å². The van der Waals surface area contributed by atoms with Crippen molar-refractivity contribution in [3.05, 3.63) is 33.3 Å². The van der Waals surface area contributed by atoms with E-state index in [1.165, 1.54) is 23.1 Å². The van der Waals surface area contributed by atoms with Crippen LogP contribution in [-0.2, 0) is 4.79 Å². The summed E-state index contributed by atoms with van der Waals surface area (Å²) in [5, 5.41) is 13.8. The van der Waals surface area contributed by atoms with E-state index >= 15 is 0 Å². The van der Waals surface area contributed by atoms with Crippen LogP contribution in [0.3, 0.4) is 0 Å². The van der Waals surface area contributed by atoms with E-state index in [1.54, 1.807) is 7.05 Å². The maximum absolute atomic E-state index is 11.6. The van der Waals surface area contributed by atoms with Crippen molar-refractivity contribution < 1.29 is 9.72 Å². The van der Waals surface area contributed by atoms with E-state index in [0.29, 0.717) is 6.54 Å². The molecule has 0 radical (unpaired) electrons. The van der Waals surface area contributed by atoms with Gasteiger partial charge in [0.25, 0.3) is 5.69 Å². The lowest BCUT2D eigenvalue weighted by Gasteiger charge is -2.15. The largest absolute Gasteiger partial charge is 0.371 e. The van der Waals surface area contributed by atoms with Gasteiger partial charge in [-0.05, 0) is 19.1 Å². The van der Waals surface area contributed by atoms with Crippen LogP contribution in [0.5, 0.6) is 0 Å². The molecule has 1 aromatic rings. The van der Waals surface area contributed by atoms with Crippen LogP contribution >= 0.6 is 11.6 Å². The van der Waals surface area contributed by atoms with E-state index in [4.69, 9.17) is 11.6 Å². The average Bonchev–Trinajstić information content (AvgIpc) is 2.35. The van der Waals surface area contributed by atoms with Crippen molar-refractivity contribution in [3.8, 4) is 0 Å². The lowest BCUT2D eigenvalue weighted by Crippen LogP contribution is -2.31. The zero-order chi connectivity index (χ0) is 13.7. The standard InChI is InChI=1S/C11H14ClN3O3/c1-3-14(2)11(16)7-13-9-5-4-8(12)6-10(9)15(17)18/h4-6,13H,3,7H2,1-2H3. The quantitative estimate of drug-likeness (QED) is 0.658. The molecule has 0 saturated heterocycles. The molecule has 0 atom stereocenters. The molecule has 98 valence electrons. The Hall–Kier alpha value is -1.82. The Kier molecular flexibility index (Phi) is 4.91. The van der Waals surface area contributed by atoms with Crippen molar-refractivity contribution in [3.63, 3.8) is 0 Å². The zero-order valence-electron chi connectivity index (χ0n) is 10.1. The highest BCUT2D eigenvalue weighted by Gasteiger charge is 2.15. The number of carbonyl (C=O) groups is 1. The summed E-state index contributed by atoms with van der Waals surface area (Å²) in [6.07, 6.45) is 0. The molecule has 6 nitrogen and oxygen atoms in total. The van der Waals surface area contributed by atoms with Gasteiger partial charge in [0, 0.05) is 24.7 Å². The molecule has 1 aromatic carbocycles. The van der Waals surface area contributed by atoms with Gasteiger partial charge >= 0.3 is 0 Å². The highest BCUT2D eigenvalue weighted by molar-refractivity contribution is 6.30. The molecule has 0 aromatic heterocycles. The lowest BCUT2D eigenvalue weighted by atomic mass is 10.2. The number of nitro benzene ring substituents is 1. The van der Waals surface area contributed by atoms with E-state index in [1.807, 2.05) is 6.92 Å². The summed E-state index contributed by atoms with van der Waals surface area (Å²) < 4.78 is 0. The molecule has 0 heterocycles. The summed E-state index contributed by atoms with van der Waals surface area (Å²) in [5.41, 5.74) is 0.136. The highest BCUT2D eigenvalue weighted by atomic mass is 35.5. The van der Waals surface area contributed by atoms with Gasteiger partial charge < -0.3 is 10.2 Å². The van der Waals surface area contributed by atoms with E-state index in [0.717, 1.165) is 0 Å². The van der Waals surface area contributed by atoms with E-state index < -0.39 is 4.92 Å². The molecule has 1 rings (SSSR count). The number of amides is 1. The monoisotopic (exact) mass is 271 g/mol. The minimum absolute atomic E-state index is 0.00676. The number of carbonyl (C=O) groups excluding carboxylic acids is 1. The Bertz CT molecular complexity index is 465. The predicted octanol–water partition coefficient (Wildman–Crippen LogP) is 2.14. The van der Waals surface area contributed by atoms with Gasteiger partial charge in [0.15, 0.2) is 0 Å². The molecule has 0 aliphatic heterocycles. The highest BCUT2D eigenvalue weighted by Crippen LogP contribution is 2.27. The fourth-order valence-electron chi connectivity index (χ4n) is 1.29. The number of likely N-dealkylation sites (N-methyl/N-ethyl adjacent to an activating group) is 1. The van der Waals surface area contributed by atoms with Crippen LogP contribution in [0.15, 0.2) is 18.2 Å². The first kappa shape index (κ1) is 14.2. The number of hydrogen-bond acceptors (Lipinski definition) is 4. The second-order valence-electron chi connectivity index (χ2n) is 3.68. The van der Waals surface area contributed by atoms with Gasteiger partial charge in [0.05, 0.1) is 11.5 Å². The number of halogens is 1. The summed E-state index contributed by atoms with van der Waals surface area (Å²) in [6.45, 7) is 2.44. The zero-order valence-corrected chi connectivity index (χ0v) is 10.9. The third kappa shape index (κ3) is 3.59. The molecule has 0 saturated carbocycles. The maximum Gasteiger partial charge on any atom is 0.293 e. The van der Waals surface area contributed by atoms with Gasteiger partial charge in [-0.1, -0.05) is 11.6 Å². The van der Waals surface area contributed by atoms with Gasteiger partial charge in [-0.3, -0.25) is 14.9 Å². The molecule has 0 fully saturated rings. The third-order valence-electron chi connectivity index (χ3n) is 2.49. The number of nitro groups is 1. The Morgan fingerprint density at radius 2 is 2.22 bits per heavy atom. The van der Waals surface area contributed by atoms with Gasteiger partial charge in [0.1, 0.15) is 5.69 Å². The smallest absolute Gasteiger partial charge is 0.293 e. The number of benzene rings is 1. The average molecular weight is 272 g/mol. The Morgan fingerprint density at radius 1 is 1.56 bits per heavy atom. The maximum atomic E-state index is 11.6. The molecule has 0 unspecified atom stereocenters. The number of hydrogen-bond donors (Lipinski definition) is 1. The van der Waals surface area contributed by atoms with Crippen molar-refractivity contribution in [2.24, 2.45) is 0 Å². The second-order valence-corrected chi connectivity index (χ2v) is 4.12. The molecule has 0 bridgehead atoms. The lowest BCUT2D eigenvalue weighted by molar-refractivity contribution is -0.383. The molecule has 18 heavy (non-hydrogen) atoms. The number of nitrogens with one attached hydrogen (secondary N) is 1. The molecule has 1 N–H and O–H groups in total. The van der Waals surface area contributed by atoms with E-state index in [2.05, 4.69) is 5.32 Å². The van der Waals surface area contributed by atoms with Crippen LogP contribution < -0.4 is 5.32 Å². The van der Waals surface area contributed by atoms with Crippen molar-refractivity contribution in [2.75, 3.05) is 25.5 Å². The summed E-state index contributed by atoms with van der Waals surface area (Å²) in [4.78, 5) is 23.4. The minimum atomic E-state index is -0.539. The minimum Gasteiger partial charge on any atom is -0.371 e. The third-order valence-corrected chi connectivity index (χ3v) is 2.72. The Balaban J connectivity index is 2.79. The first-order valence-corrected chi connectivity index (χ1v) is 5.75. The molecular weight excluding hydrogens is 258 g/mol. The second kappa shape index (κ2) is 6.20. The van der Waals surface area contributed by atoms with Crippen LogP contribution in [-0.4, -0.2) is 35.9 Å². The van der Waals surface area contributed by atoms with Crippen LogP contribution in [0.4, 0.5) is 11.4 Å². The van der Waals surface area contributed by atoms with Gasteiger partial charge in [-0.25, -0.2) is 0 Å². The summed E-state index contributed by atoms with van der Waals surface area (Å²) in [7, 11) is 1.67. The topological polar surface area (TPSA) is 75.5 Å². The van der Waals surface area contributed by atoms with Crippen LogP contribution in [0.2, 0.25) is 5.02 Å². The van der Waals surface area contributed by atoms with Crippen molar-refractivity contribution in [1.29, 1.82) is 0 Å². The van der Waals surface area contributed by atoms with Gasteiger partial charge in [0.2, 0.25) is 5.91 Å². The van der Waals surface area contributed by atoms with Gasteiger partial charge in [-0.2, -0.15) is 0 Å². The first-order chi connectivity index (χ1) is 8.45. The van der Waals surface area contributed by atoms with Crippen LogP contribution in [0.1, 0.15) is 6.92 Å². The summed E-state index contributed by atoms with van der Waals surface area (Å²) in [5.74, 6) is -0.137. The summed E-state index contributed by atoms with van der Waals surface area (Å²) >= 11 is 5.69. The van der Waals surface area contributed by atoms with Gasteiger partial charge in [-0.15, -0.1) is 0 Å². The van der Waals surface area contributed by atoms with Crippen LogP contribution in [0, 0.1) is 10.1 Å². The molecule has 7 heteroatoms. The summed E-state index contributed by atoms with van der Waals surface area (Å²) in [6, 6.07) is 4.27. The number of anilines is 1. The fraction of sp³-hybridized carbons (Fsp3) is 0.364. The fourth-order valence-corrected chi connectivity index (χ4v) is 1.45.